The maximum Gasteiger partial charge on any atom is 0.408 e. The van der Waals surface area contributed by atoms with Crippen LogP contribution in [0.1, 0.15) is 46.5 Å². The first kappa shape index (κ1) is 26.3. The fourth-order valence-electron chi connectivity index (χ4n) is 3.99. The van der Waals surface area contributed by atoms with E-state index in [1.54, 1.807) is 71.0 Å². The van der Waals surface area contributed by atoms with Gasteiger partial charge in [-0.25, -0.2) is 14.6 Å². The smallest absolute Gasteiger partial charge is 0.408 e. The average molecular weight is 520 g/mol. The first-order valence-corrected chi connectivity index (χ1v) is 11.7. The van der Waals surface area contributed by atoms with Crippen molar-refractivity contribution in [3.63, 3.8) is 0 Å². The number of anilines is 1. The maximum atomic E-state index is 13.8. The Kier molecular flexibility index (Phi) is 7.62. The van der Waals surface area contributed by atoms with Gasteiger partial charge in [0.1, 0.15) is 5.82 Å². The minimum Gasteiger partial charge on any atom is -0.465 e. The van der Waals surface area contributed by atoms with E-state index in [0.717, 1.165) is 0 Å². The van der Waals surface area contributed by atoms with Crippen molar-refractivity contribution in [3.05, 3.63) is 62.6 Å². The molecule has 1 heterocycles. The van der Waals surface area contributed by atoms with Gasteiger partial charge in [-0.1, -0.05) is 35.3 Å². The summed E-state index contributed by atoms with van der Waals surface area (Å²) in [7, 11) is 0. The summed E-state index contributed by atoms with van der Waals surface area (Å²) in [4.78, 5) is 44.0. The van der Waals surface area contributed by atoms with E-state index in [4.69, 9.17) is 23.2 Å². The summed E-state index contributed by atoms with van der Waals surface area (Å²) >= 11 is 13.0. The molecule has 3 rings (SSSR count). The topological polar surface area (TPSA) is 117 Å². The molecule has 0 spiro atoms. The van der Waals surface area contributed by atoms with E-state index < -0.39 is 29.3 Å². The zero-order valence-electron chi connectivity index (χ0n) is 20.0. The number of halogens is 2. The monoisotopic (exact) mass is 519 g/mol. The van der Waals surface area contributed by atoms with Crippen molar-refractivity contribution in [1.82, 2.24) is 19.8 Å². The molecule has 0 radical (unpaired) electrons. The van der Waals surface area contributed by atoms with E-state index in [9.17, 15) is 19.5 Å². The van der Waals surface area contributed by atoms with Gasteiger partial charge in [0.15, 0.2) is 0 Å². The number of nitrogens with one attached hydrogen (secondary N) is 2. The Morgan fingerprint density at radius 2 is 1.83 bits per heavy atom. The molecule has 0 aliphatic rings. The molecule has 1 atom stereocenters. The number of carboxylic acid groups (broad SMARTS) is 1. The molecule has 3 N–H and O–H groups in total. The summed E-state index contributed by atoms with van der Waals surface area (Å²) in [5.74, 6) is 0.152. The lowest BCUT2D eigenvalue weighted by Crippen LogP contribution is -2.47. The molecule has 0 unspecified atom stereocenters. The molecule has 0 saturated heterocycles. The molecule has 0 bridgehead atoms. The lowest BCUT2D eigenvalue weighted by molar-refractivity contribution is 0.0719. The van der Waals surface area contributed by atoms with E-state index in [1.807, 2.05) is 0 Å². The number of nitrogens with zero attached hydrogens (tertiary/aromatic N) is 3. The number of urea groups is 1. The molecule has 0 aliphatic carbocycles. The number of benzene rings is 2. The highest BCUT2D eigenvalue weighted by Gasteiger charge is 2.35. The highest BCUT2D eigenvalue weighted by molar-refractivity contribution is 6.36. The van der Waals surface area contributed by atoms with E-state index in [1.165, 1.54) is 9.47 Å². The second-order valence-electron chi connectivity index (χ2n) is 8.87. The van der Waals surface area contributed by atoms with Gasteiger partial charge in [-0.15, -0.1) is 0 Å². The minimum atomic E-state index is -1.17. The summed E-state index contributed by atoms with van der Waals surface area (Å²) in [5.41, 5.74) is -0.499. The van der Waals surface area contributed by atoms with E-state index in [-0.39, 0.29) is 32.6 Å². The lowest BCUT2D eigenvalue weighted by Gasteiger charge is -2.38. The minimum absolute atomic E-state index is 0.0835. The quantitative estimate of drug-likeness (QED) is 0.401. The van der Waals surface area contributed by atoms with Crippen molar-refractivity contribution in [3.8, 4) is 5.69 Å². The number of amides is 3. The summed E-state index contributed by atoms with van der Waals surface area (Å²) in [6.07, 6.45) is -1.17. The van der Waals surface area contributed by atoms with Crippen molar-refractivity contribution >= 4 is 51.9 Å². The van der Waals surface area contributed by atoms with Gasteiger partial charge in [-0.05, 0) is 58.9 Å². The van der Waals surface area contributed by atoms with Crippen molar-refractivity contribution in [2.75, 3.05) is 11.9 Å². The Morgan fingerprint density at radius 1 is 1.17 bits per heavy atom. The third kappa shape index (κ3) is 5.21. The second kappa shape index (κ2) is 10.1. The molecule has 1 aromatic heterocycles. The number of hydrogen-bond donors (Lipinski definition) is 3. The van der Waals surface area contributed by atoms with E-state index in [0.29, 0.717) is 12.1 Å². The Bertz CT molecular complexity index is 1350. The Hall–Kier alpha value is -3.30. The van der Waals surface area contributed by atoms with Crippen LogP contribution >= 0.6 is 23.2 Å². The molecule has 3 aromatic rings. The highest BCUT2D eigenvalue weighted by Crippen LogP contribution is 2.34. The Morgan fingerprint density at radius 3 is 2.43 bits per heavy atom. The second-order valence-corrected chi connectivity index (χ2v) is 9.65. The molecule has 0 fully saturated rings. The van der Waals surface area contributed by atoms with Gasteiger partial charge in [0.05, 0.1) is 38.4 Å². The third-order valence-corrected chi connectivity index (χ3v) is 6.08. The predicted octanol–water partition coefficient (Wildman–Crippen LogP) is 5.67. The van der Waals surface area contributed by atoms with Crippen LogP contribution in [0.15, 0.2) is 41.2 Å². The fraction of sp³-hybridized carbons (Fsp3) is 0.333. The van der Waals surface area contributed by atoms with Gasteiger partial charge in [0.2, 0.25) is 0 Å². The van der Waals surface area contributed by atoms with Gasteiger partial charge in [-0.3, -0.25) is 14.3 Å². The number of hydrogen-bond acceptors (Lipinski definition) is 4. The largest absolute Gasteiger partial charge is 0.465 e. The molecule has 35 heavy (non-hydrogen) atoms. The van der Waals surface area contributed by atoms with Crippen molar-refractivity contribution in [2.24, 2.45) is 0 Å². The van der Waals surface area contributed by atoms with Gasteiger partial charge < -0.3 is 15.7 Å². The van der Waals surface area contributed by atoms with Gasteiger partial charge in [0.25, 0.3) is 5.56 Å². The number of fused-ring (bicyclic) bond motifs is 1. The van der Waals surface area contributed by atoms with Gasteiger partial charge >= 0.3 is 12.1 Å². The summed E-state index contributed by atoms with van der Waals surface area (Å²) < 4.78 is 1.26. The number of rotatable bonds is 5. The number of aromatic nitrogens is 2. The van der Waals surface area contributed by atoms with Gasteiger partial charge in [-0.2, -0.15) is 0 Å². The Labute approximate surface area is 212 Å². The molecule has 11 heteroatoms. The summed E-state index contributed by atoms with van der Waals surface area (Å²) in [5, 5.41) is 15.7. The fourth-order valence-corrected chi connectivity index (χ4v) is 4.49. The molecule has 3 amide bonds. The SMILES string of the molecule is CCNC(=O)Nc1cccc(-n2c([C@H](C)N(C(=O)O)C(C)(C)C)nc3cccc(Cl)c3c2=O)c1Cl. The lowest BCUT2D eigenvalue weighted by atomic mass is 10.0. The molecule has 9 nitrogen and oxygen atoms in total. The summed E-state index contributed by atoms with van der Waals surface area (Å²) in [6, 6.07) is 8.38. The highest BCUT2D eigenvalue weighted by atomic mass is 35.5. The van der Waals surface area contributed by atoms with Crippen LogP contribution in [-0.4, -0.2) is 43.8 Å². The normalized spacial score (nSPS) is 12.3. The van der Waals surface area contributed by atoms with E-state index >= 15 is 0 Å². The van der Waals surface area contributed by atoms with Crippen LogP contribution in [0.2, 0.25) is 10.0 Å². The molecule has 186 valence electrons. The predicted molar refractivity (Wildman–Crippen MR) is 138 cm³/mol. The molecular weight excluding hydrogens is 493 g/mol. The number of carbonyl (C=O) groups excluding carboxylic acids is 1. The van der Waals surface area contributed by atoms with Crippen LogP contribution in [0, 0.1) is 0 Å². The van der Waals surface area contributed by atoms with Crippen LogP contribution < -0.4 is 16.2 Å². The summed E-state index contributed by atoms with van der Waals surface area (Å²) in [6.45, 7) is 9.10. The Balaban J connectivity index is 2.36. The molecule has 2 aromatic carbocycles. The molecule has 0 saturated carbocycles. The van der Waals surface area contributed by atoms with E-state index in [2.05, 4.69) is 15.6 Å². The first-order chi connectivity index (χ1) is 16.4. The van der Waals surface area contributed by atoms with Crippen molar-refractivity contribution in [2.45, 2.75) is 46.2 Å². The maximum absolute atomic E-state index is 13.8. The van der Waals surface area contributed by atoms with Gasteiger partial charge in [0, 0.05) is 12.1 Å². The zero-order chi connectivity index (χ0) is 26.1. The van der Waals surface area contributed by atoms with Crippen LogP contribution in [0.3, 0.4) is 0 Å². The third-order valence-electron chi connectivity index (χ3n) is 5.37. The van der Waals surface area contributed by atoms with Crippen molar-refractivity contribution in [1.29, 1.82) is 0 Å². The van der Waals surface area contributed by atoms with Crippen molar-refractivity contribution < 1.29 is 14.7 Å². The van der Waals surface area contributed by atoms with Crippen LogP contribution in [-0.2, 0) is 0 Å². The standard InChI is InChI=1S/C24H27Cl2N5O4/c1-6-27-22(33)29-16-11-8-12-17(19(16)26)30-20(13(2)31(23(34)35)24(3,4)5)28-15-10-7-9-14(25)18(15)21(30)32/h7-13H,6H2,1-5H3,(H,34,35)(H2,27,29,33)/t13-/m0/s1. The zero-order valence-corrected chi connectivity index (χ0v) is 21.5. The van der Waals surface area contributed by atoms with Crippen LogP contribution in [0.4, 0.5) is 15.3 Å². The van der Waals surface area contributed by atoms with Crippen LogP contribution in [0.5, 0.6) is 0 Å². The van der Waals surface area contributed by atoms with Crippen LogP contribution in [0.25, 0.3) is 16.6 Å². The first-order valence-electron chi connectivity index (χ1n) is 11.0. The number of carbonyl (C=O) groups is 2. The average Bonchev–Trinajstić information content (AvgIpc) is 2.74. The molecular formula is C24H27Cl2N5O4. The molecule has 0 aliphatic heterocycles.